The van der Waals surface area contributed by atoms with Gasteiger partial charge in [0.2, 0.25) is 0 Å². The molecule has 2 aliphatic heterocycles. The van der Waals surface area contributed by atoms with Crippen LogP contribution in [0.2, 0.25) is 0 Å². The second-order valence-corrected chi connectivity index (χ2v) is 6.77. The van der Waals surface area contributed by atoms with Crippen LogP contribution >= 0.6 is 0 Å². The highest BCUT2D eigenvalue weighted by molar-refractivity contribution is 5.40. The average molecular weight is 300 g/mol. The highest BCUT2D eigenvalue weighted by atomic mass is 19.1. The van der Waals surface area contributed by atoms with E-state index in [2.05, 4.69) is 22.0 Å². The van der Waals surface area contributed by atoms with Crippen molar-refractivity contribution in [2.45, 2.75) is 37.3 Å². The first kappa shape index (κ1) is 14.4. The number of halogens is 1. The second-order valence-electron chi connectivity index (χ2n) is 6.77. The van der Waals surface area contributed by atoms with Crippen LogP contribution < -0.4 is 10.6 Å². The highest BCUT2D eigenvalue weighted by Crippen LogP contribution is 2.40. The number of hydrogen-bond acceptors (Lipinski definition) is 2. The van der Waals surface area contributed by atoms with Gasteiger partial charge in [-0.2, -0.15) is 0 Å². The van der Waals surface area contributed by atoms with Gasteiger partial charge in [0.05, 0.1) is 0 Å². The van der Waals surface area contributed by atoms with Gasteiger partial charge in [-0.05, 0) is 49.4 Å². The molecule has 3 nitrogen and oxygen atoms in total. The Balaban J connectivity index is 1.56. The highest BCUT2D eigenvalue weighted by Gasteiger charge is 2.31. The van der Waals surface area contributed by atoms with E-state index in [9.17, 15) is 4.39 Å². The van der Waals surface area contributed by atoms with Crippen LogP contribution in [0.5, 0.6) is 0 Å². The summed E-state index contributed by atoms with van der Waals surface area (Å²) < 4.78 is 13.6. The minimum atomic E-state index is -0.127. The van der Waals surface area contributed by atoms with E-state index in [0.717, 1.165) is 44.6 Å². The van der Waals surface area contributed by atoms with Crippen molar-refractivity contribution in [3.05, 3.63) is 52.1 Å². The van der Waals surface area contributed by atoms with Gasteiger partial charge in [-0.1, -0.05) is 23.3 Å². The molecule has 0 saturated carbocycles. The third kappa shape index (κ3) is 2.83. The predicted molar refractivity (Wildman–Crippen MR) is 86.7 cm³/mol. The normalized spacial score (nSPS) is 31.6. The third-order valence-electron chi connectivity index (χ3n) is 5.29. The summed E-state index contributed by atoms with van der Waals surface area (Å²) in [6.45, 7) is 3.93. The number of nitrogens with zero attached hydrogens (tertiary/aromatic N) is 1. The van der Waals surface area contributed by atoms with Gasteiger partial charge in [0, 0.05) is 18.6 Å². The Morgan fingerprint density at radius 1 is 1.27 bits per heavy atom. The minimum Gasteiger partial charge on any atom is -0.655 e. The average Bonchev–Trinajstić information content (AvgIpc) is 3.18. The van der Waals surface area contributed by atoms with Crippen LogP contribution in [0, 0.1) is 5.82 Å². The molecule has 1 fully saturated rings. The largest absolute Gasteiger partial charge is 0.655 e. The molecular formula is C18H23FN3-. The van der Waals surface area contributed by atoms with E-state index in [0.29, 0.717) is 18.0 Å². The Labute approximate surface area is 131 Å². The maximum Gasteiger partial charge on any atom is 0.123 e. The maximum absolute atomic E-state index is 13.6. The molecule has 1 saturated heterocycles. The second kappa shape index (κ2) is 6.11. The summed E-state index contributed by atoms with van der Waals surface area (Å²) in [5.74, 6) is 0.285. The van der Waals surface area contributed by atoms with Crippen molar-refractivity contribution >= 4 is 0 Å². The van der Waals surface area contributed by atoms with Gasteiger partial charge in [0.15, 0.2) is 0 Å². The number of benzene rings is 1. The summed E-state index contributed by atoms with van der Waals surface area (Å²) in [6.07, 6.45) is 3.30. The minimum absolute atomic E-state index is 0.127. The summed E-state index contributed by atoms with van der Waals surface area (Å²) in [5.41, 5.74) is 4.14. The topological polar surface area (TPSA) is 38.2 Å². The molecule has 0 aromatic heterocycles. The Morgan fingerprint density at radius 3 is 3.05 bits per heavy atom. The fourth-order valence-electron chi connectivity index (χ4n) is 4.15. The molecule has 4 heteroatoms. The van der Waals surface area contributed by atoms with Crippen LogP contribution in [0.1, 0.15) is 30.7 Å². The van der Waals surface area contributed by atoms with E-state index in [1.54, 1.807) is 6.07 Å². The van der Waals surface area contributed by atoms with E-state index >= 15 is 0 Å². The van der Waals surface area contributed by atoms with Crippen molar-refractivity contribution < 1.29 is 4.39 Å². The lowest BCUT2D eigenvalue weighted by atomic mass is 9.78. The molecule has 3 unspecified atom stereocenters. The number of nitrogens with one attached hydrogen (secondary N) is 2. The molecule has 2 heterocycles. The van der Waals surface area contributed by atoms with Gasteiger partial charge in [-0.25, -0.2) is 4.39 Å². The van der Waals surface area contributed by atoms with Crippen molar-refractivity contribution in [1.82, 2.24) is 10.6 Å². The van der Waals surface area contributed by atoms with E-state index < -0.39 is 0 Å². The SMILES string of the molecule is Fc1cccc(C2CC3=C(C[N-]C3)C(NC3CCNC3)C2)c1. The Hall–Kier alpha value is -1.23. The molecule has 0 radical (unpaired) electrons. The van der Waals surface area contributed by atoms with Crippen molar-refractivity contribution in [3.8, 4) is 0 Å². The zero-order chi connectivity index (χ0) is 14.9. The van der Waals surface area contributed by atoms with Crippen LogP contribution in [0.4, 0.5) is 4.39 Å². The molecule has 0 spiro atoms. The van der Waals surface area contributed by atoms with Gasteiger partial charge in [-0.15, -0.1) is 13.1 Å². The molecule has 118 valence electrons. The summed E-state index contributed by atoms with van der Waals surface area (Å²) in [6, 6.07) is 8.10. The van der Waals surface area contributed by atoms with Gasteiger partial charge in [0.1, 0.15) is 5.82 Å². The first-order chi connectivity index (χ1) is 10.8. The van der Waals surface area contributed by atoms with Gasteiger partial charge < -0.3 is 16.0 Å². The molecule has 3 aliphatic rings. The molecule has 22 heavy (non-hydrogen) atoms. The van der Waals surface area contributed by atoms with Crippen LogP contribution in [-0.4, -0.2) is 38.3 Å². The lowest BCUT2D eigenvalue weighted by Gasteiger charge is -2.35. The molecular weight excluding hydrogens is 277 g/mol. The number of rotatable bonds is 3. The summed E-state index contributed by atoms with van der Waals surface area (Å²) >= 11 is 0. The van der Waals surface area contributed by atoms with Gasteiger partial charge in [0.25, 0.3) is 0 Å². The third-order valence-corrected chi connectivity index (χ3v) is 5.29. The molecule has 3 atom stereocenters. The maximum atomic E-state index is 13.6. The quantitative estimate of drug-likeness (QED) is 0.842. The summed E-state index contributed by atoms with van der Waals surface area (Å²) in [7, 11) is 0. The van der Waals surface area contributed by atoms with Crippen LogP contribution in [0.15, 0.2) is 35.4 Å². The molecule has 0 amide bonds. The number of hydrogen-bond donors (Lipinski definition) is 2. The van der Waals surface area contributed by atoms with Crippen LogP contribution in [0.25, 0.3) is 5.32 Å². The molecule has 1 aromatic carbocycles. The molecule has 0 bridgehead atoms. The zero-order valence-electron chi connectivity index (χ0n) is 12.8. The van der Waals surface area contributed by atoms with Crippen molar-refractivity contribution in [3.63, 3.8) is 0 Å². The molecule has 1 aromatic rings. The Kier molecular flexibility index (Phi) is 3.99. The van der Waals surface area contributed by atoms with Crippen molar-refractivity contribution in [1.29, 1.82) is 0 Å². The fourth-order valence-corrected chi connectivity index (χ4v) is 4.15. The van der Waals surface area contributed by atoms with E-state index in [1.165, 1.54) is 23.6 Å². The first-order valence-corrected chi connectivity index (χ1v) is 8.36. The first-order valence-electron chi connectivity index (χ1n) is 8.36. The lowest BCUT2D eigenvalue weighted by molar-refractivity contribution is 0.409. The van der Waals surface area contributed by atoms with E-state index in [-0.39, 0.29) is 5.82 Å². The van der Waals surface area contributed by atoms with E-state index in [4.69, 9.17) is 0 Å². The fraction of sp³-hybridized carbons (Fsp3) is 0.556. The van der Waals surface area contributed by atoms with Crippen LogP contribution in [0.3, 0.4) is 0 Å². The Morgan fingerprint density at radius 2 is 2.23 bits per heavy atom. The molecule has 2 N–H and O–H groups in total. The summed E-state index contributed by atoms with van der Waals surface area (Å²) in [4.78, 5) is 0. The smallest absolute Gasteiger partial charge is 0.123 e. The van der Waals surface area contributed by atoms with Crippen molar-refractivity contribution in [2.75, 3.05) is 26.2 Å². The predicted octanol–water partition coefficient (Wildman–Crippen LogP) is 2.71. The van der Waals surface area contributed by atoms with Crippen molar-refractivity contribution in [2.24, 2.45) is 0 Å². The monoisotopic (exact) mass is 300 g/mol. The van der Waals surface area contributed by atoms with Crippen LogP contribution in [-0.2, 0) is 0 Å². The standard InChI is InChI=1S/C18H23FN3/c19-15-3-1-2-12(7-15)13-6-14-9-21-11-17(14)18(8-13)22-16-4-5-20-10-16/h1-3,7,13,16,18,20,22H,4-6,8-11H2/q-1. The van der Waals surface area contributed by atoms with E-state index in [1.807, 2.05) is 6.07 Å². The molecule has 4 rings (SSSR count). The van der Waals surface area contributed by atoms with Gasteiger partial charge >= 0.3 is 0 Å². The Bertz CT molecular complexity index is 577. The van der Waals surface area contributed by atoms with Gasteiger partial charge in [-0.3, -0.25) is 0 Å². The lowest BCUT2D eigenvalue weighted by Crippen LogP contribution is -2.43. The summed E-state index contributed by atoms with van der Waals surface area (Å²) in [5, 5.41) is 11.8. The molecule has 1 aliphatic carbocycles. The zero-order valence-corrected chi connectivity index (χ0v) is 12.8.